The number of hydrogen-bond donors (Lipinski definition) is 3. The third kappa shape index (κ3) is 6.44. The van der Waals surface area contributed by atoms with Gasteiger partial charge in [-0.15, -0.1) is 0 Å². The molecule has 1 atom stereocenters. The van der Waals surface area contributed by atoms with Crippen LogP contribution < -0.4 is 9.80 Å². The zero-order valence-corrected chi connectivity index (χ0v) is 14.3. The van der Waals surface area contributed by atoms with Gasteiger partial charge in [0.15, 0.2) is 0 Å². The lowest BCUT2D eigenvalue weighted by molar-refractivity contribution is -1.02. The average molecular weight is 308 g/mol. The molecule has 0 unspecified atom stereocenters. The first-order chi connectivity index (χ1) is 10.4. The van der Waals surface area contributed by atoms with Crippen LogP contribution in [0, 0.1) is 0 Å². The van der Waals surface area contributed by atoms with Crippen molar-refractivity contribution in [3.63, 3.8) is 0 Å². The third-order valence-corrected chi connectivity index (χ3v) is 4.19. The molecule has 1 aliphatic heterocycles. The molecule has 1 fully saturated rings. The number of rotatable bonds is 6. The molecule has 3 N–H and O–H groups in total. The summed E-state index contributed by atoms with van der Waals surface area (Å²) in [4.78, 5) is 3.15. The summed E-state index contributed by atoms with van der Waals surface area (Å²) in [5.74, 6) is 0. The zero-order chi connectivity index (χ0) is 16.0. The molecule has 0 aromatic heterocycles. The van der Waals surface area contributed by atoms with Gasteiger partial charge in [-0.2, -0.15) is 0 Å². The normalized spacial score (nSPS) is 24.2. The van der Waals surface area contributed by atoms with Gasteiger partial charge in [-0.3, -0.25) is 0 Å². The van der Waals surface area contributed by atoms with E-state index in [9.17, 15) is 5.11 Å². The average Bonchev–Trinajstić information content (AvgIpc) is 2.48. The first-order valence-corrected chi connectivity index (χ1v) is 8.45. The van der Waals surface area contributed by atoms with Gasteiger partial charge in [-0.1, -0.05) is 30.3 Å². The van der Waals surface area contributed by atoms with Crippen molar-refractivity contribution in [1.82, 2.24) is 0 Å². The second-order valence-electron chi connectivity index (χ2n) is 7.44. The van der Waals surface area contributed by atoms with Gasteiger partial charge >= 0.3 is 0 Å². The number of aliphatic hydroxyl groups excluding tert-OH is 1. The van der Waals surface area contributed by atoms with Crippen LogP contribution in [0.1, 0.15) is 26.3 Å². The molecule has 124 valence electrons. The van der Waals surface area contributed by atoms with Gasteiger partial charge in [-0.25, -0.2) is 0 Å². The Kier molecular flexibility index (Phi) is 6.38. The van der Waals surface area contributed by atoms with E-state index >= 15 is 0 Å². The Balaban J connectivity index is 1.66. The van der Waals surface area contributed by atoms with Crippen LogP contribution in [0.25, 0.3) is 0 Å². The number of piperazine rings is 1. The van der Waals surface area contributed by atoms with E-state index in [-0.39, 0.29) is 11.7 Å². The van der Waals surface area contributed by atoms with Crippen LogP contribution in [0.5, 0.6) is 0 Å². The molecule has 0 amide bonds. The first kappa shape index (κ1) is 17.4. The number of aliphatic hydroxyl groups is 1. The number of nitrogens with one attached hydrogen (secondary N) is 2. The predicted molar refractivity (Wildman–Crippen MR) is 88.1 cm³/mol. The van der Waals surface area contributed by atoms with Crippen molar-refractivity contribution >= 4 is 0 Å². The molecule has 2 rings (SSSR count). The van der Waals surface area contributed by atoms with Gasteiger partial charge < -0.3 is 19.6 Å². The van der Waals surface area contributed by atoms with Crippen LogP contribution in [0.3, 0.4) is 0 Å². The largest absolute Gasteiger partial charge is 0.385 e. The lowest BCUT2D eigenvalue weighted by atomic mass is 10.2. The van der Waals surface area contributed by atoms with Crippen molar-refractivity contribution in [3.05, 3.63) is 35.9 Å². The van der Waals surface area contributed by atoms with Crippen molar-refractivity contribution in [1.29, 1.82) is 0 Å². The highest BCUT2D eigenvalue weighted by molar-refractivity contribution is 5.13. The topological polar surface area (TPSA) is 38.3 Å². The Labute approximate surface area is 134 Å². The summed E-state index contributed by atoms with van der Waals surface area (Å²) < 4.78 is 5.66. The van der Waals surface area contributed by atoms with E-state index in [2.05, 4.69) is 30.3 Å². The number of ether oxygens (including phenoxy) is 1. The van der Waals surface area contributed by atoms with Gasteiger partial charge in [0.2, 0.25) is 0 Å². The lowest BCUT2D eigenvalue weighted by Crippen LogP contribution is -3.28. The van der Waals surface area contributed by atoms with Crippen LogP contribution in [0.15, 0.2) is 30.3 Å². The Morgan fingerprint density at radius 3 is 2.23 bits per heavy atom. The molecule has 0 bridgehead atoms. The molecule has 0 radical (unpaired) electrons. The quantitative estimate of drug-likeness (QED) is 0.640. The molecule has 0 spiro atoms. The van der Waals surface area contributed by atoms with Crippen LogP contribution in [-0.4, -0.2) is 56.1 Å². The second-order valence-corrected chi connectivity index (χ2v) is 7.44. The summed E-state index contributed by atoms with van der Waals surface area (Å²) in [5.41, 5.74) is 1.24. The Morgan fingerprint density at radius 1 is 1.05 bits per heavy atom. The zero-order valence-electron chi connectivity index (χ0n) is 14.3. The Bertz CT molecular complexity index is 422. The SMILES string of the molecule is CC(C)(C)OC[C@H](O)C[NH+]1CC[NH+](Cc2ccccc2)CC1. The minimum absolute atomic E-state index is 0.172. The molecular formula is C18H32N2O2+2. The van der Waals surface area contributed by atoms with Crippen LogP contribution >= 0.6 is 0 Å². The molecule has 4 nitrogen and oxygen atoms in total. The van der Waals surface area contributed by atoms with Crippen LogP contribution in [0.2, 0.25) is 0 Å². The van der Waals surface area contributed by atoms with Crippen molar-refractivity contribution in [2.45, 2.75) is 39.0 Å². The predicted octanol–water partition coefficient (Wildman–Crippen LogP) is -0.854. The van der Waals surface area contributed by atoms with Gasteiger partial charge in [0.1, 0.15) is 45.4 Å². The van der Waals surface area contributed by atoms with E-state index in [0.717, 1.165) is 26.2 Å². The fourth-order valence-corrected chi connectivity index (χ4v) is 2.96. The molecule has 4 heteroatoms. The summed E-state index contributed by atoms with van der Waals surface area (Å²) in [6.45, 7) is 13.1. The number of benzene rings is 1. The van der Waals surface area contributed by atoms with E-state index in [1.54, 1.807) is 4.90 Å². The van der Waals surface area contributed by atoms with Gasteiger partial charge in [0, 0.05) is 5.56 Å². The van der Waals surface area contributed by atoms with Crippen molar-refractivity contribution < 1.29 is 19.6 Å². The van der Waals surface area contributed by atoms with Crippen molar-refractivity contribution in [2.24, 2.45) is 0 Å². The van der Waals surface area contributed by atoms with Gasteiger partial charge in [-0.05, 0) is 20.8 Å². The number of quaternary nitrogens is 2. The maximum atomic E-state index is 10.1. The number of hydrogen-bond acceptors (Lipinski definition) is 2. The van der Waals surface area contributed by atoms with E-state index < -0.39 is 0 Å². The highest BCUT2D eigenvalue weighted by atomic mass is 16.5. The van der Waals surface area contributed by atoms with Gasteiger partial charge in [0.25, 0.3) is 0 Å². The Morgan fingerprint density at radius 2 is 1.64 bits per heavy atom. The molecule has 1 aromatic carbocycles. The minimum Gasteiger partial charge on any atom is -0.385 e. The van der Waals surface area contributed by atoms with Crippen molar-refractivity contribution in [2.75, 3.05) is 39.3 Å². The molecule has 0 saturated carbocycles. The van der Waals surface area contributed by atoms with Crippen LogP contribution in [0.4, 0.5) is 0 Å². The highest BCUT2D eigenvalue weighted by Gasteiger charge is 2.25. The maximum absolute atomic E-state index is 10.1. The molecule has 1 heterocycles. The summed E-state index contributed by atoms with van der Waals surface area (Å²) in [6.07, 6.45) is -0.357. The van der Waals surface area contributed by atoms with Crippen molar-refractivity contribution in [3.8, 4) is 0 Å². The standard InChI is InChI=1S/C18H30N2O2/c1-18(2,3)22-15-17(21)14-20-11-9-19(10-12-20)13-16-7-5-4-6-8-16/h4-8,17,21H,9-15H2,1-3H3/p+2/t17-/m1/s1. The molecular weight excluding hydrogens is 276 g/mol. The Hall–Kier alpha value is -0.940. The maximum Gasteiger partial charge on any atom is 0.127 e. The molecule has 1 aromatic rings. The lowest BCUT2D eigenvalue weighted by Gasteiger charge is -2.31. The smallest absolute Gasteiger partial charge is 0.127 e. The van der Waals surface area contributed by atoms with Crippen LogP contribution in [-0.2, 0) is 11.3 Å². The fourth-order valence-electron chi connectivity index (χ4n) is 2.96. The van der Waals surface area contributed by atoms with E-state index in [1.165, 1.54) is 23.6 Å². The van der Waals surface area contributed by atoms with E-state index in [4.69, 9.17) is 4.74 Å². The monoisotopic (exact) mass is 308 g/mol. The molecule has 1 saturated heterocycles. The molecule has 22 heavy (non-hydrogen) atoms. The van der Waals surface area contributed by atoms with Gasteiger partial charge in [0.05, 0.1) is 12.2 Å². The first-order valence-electron chi connectivity index (χ1n) is 8.45. The fraction of sp³-hybridized carbons (Fsp3) is 0.667. The van der Waals surface area contributed by atoms with E-state index in [1.807, 2.05) is 20.8 Å². The molecule has 0 aliphatic carbocycles. The third-order valence-electron chi connectivity index (χ3n) is 4.19. The summed E-state index contributed by atoms with van der Waals surface area (Å²) in [6, 6.07) is 10.7. The molecule has 1 aliphatic rings. The summed E-state index contributed by atoms with van der Waals surface area (Å²) >= 11 is 0. The minimum atomic E-state index is -0.357. The van der Waals surface area contributed by atoms with E-state index in [0.29, 0.717) is 6.61 Å². The summed E-state index contributed by atoms with van der Waals surface area (Å²) in [5, 5.41) is 10.1. The highest BCUT2D eigenvalue weighted by Crippen LogP contribution is 2.06. The second kappa shape index (κ2) is 8.06. The summed E-state index contributed by atoms with van der Waals surface area (Å²) in [7, 11) is 0.